The third-order valence-electron chi connectivity index (χ3n) is 6.92. The molecule has 0 saturated heterocycles. The third-order valence-corrected chi connectivity index (χ3v) is 7.86. The molecule has 240 valence electrons. The van der Waals surface area contributed by atoms with E-state index in [1.54, 1.807) is 31.4 Å². The number of hydrogen-bond donors (Lipinski definition) is 1. The van der Waals surface area contributed by atoms with Crippen LogP contribution in [0.5, 0.6) is 11.5 Å². The summed E-state index contributed by atoms with van der Waals surface area (Å²) < 4.78 is 50.0. The van der Waals surface area contributed by atoms with Gasteiger partial charge in [0, 0.05) is 28.9 Å². The van der Waals surface area contributed by atoms with Crippen molar-refractivity contribution in [3.8, 4) is 40.3 Å². The quantitative estimate of drug-likeness (QED) is 0.175. The average Bonchev–Trinajstić information content (AvgIpc) is 3.68. The summed E-state index contributed by atoms with van der Waals surface area (Å²) in [5, 5.41) is 18.7. The number of alkyl halides is 3. The second-order valence-corrected chi connectivity index (χ2v) is 11.3. The summed E-state index contributed by atoms with van der Waals surface area (Å²) in [6.07, 6.45) is -2.05. The number of allylic oxidation sites excluding steroid dienone is 1. The van der Waals surface area contributed by atoms with Crippen LogP contribution in [0.3, 0.4) is 0 Å². The zero-order valence-corrected chi connectivity index (χ0v) is 26.4. The Morgan fingerprint density at radius 3 is 2.43 bits per heavy atom. The van der Waals surface area contributed by atoms with Gasteiger partial charge in [0.25, 0.3) is 0 Å². The van der Waals surface area contributed by atoms with Gasteiger partial charge in [-0.1, -0.05) is 44.2 Å². The lowest BCUT2D eigenvalue weighted by molar-refractivity contribution is -0.274. The van der Waals surface area contributed by atoms with Crippen molar-refractivity contribution in [3.63, 3.8) is 0 Å². The van der Waals surface area contributed by atoms with Crippen molar-refractivity contribution in [2.75, 3.05) is 7.11 Å². The summed E-state index contributed by atoms with van der Waals surface area (Å²) >= 11 is 1.32. The van der Waals surface area contributed by atoms with E-state index in [9.17, 15) is 23.2 Å². The molecule has 47 heavy (non-hydrogen) atoms. The van der Waals surface area contributed by atoms with E-state index in [0.29, 0.717) is 33.2 Å². The van der Waals surface area contributed by atoms with Crippen LogP contribution in [0.25, 0.3) is 28.3 Å². The highest BCUT2D eigenvalue weighted by atomic mass is 32.1. The number of aryl methyl sites for hydroxylation is 1. The third kappa shape index (κ3) is 7.77. The SMILES string of the molecule is COc1ccc(C(C)C)c(-n2c(C)csc2=NC(=O)N/C=C(\C#N)c2ccc(-c3ncn(-c4ccc(OC(F)(F)F)cc4)n3)cc2)c1. The Balaban J connectivity index is 1.32. The van der Waals surface area contributed by atoms with Gasteiger partial charge in [-0.05, 0) is 54.3 Å². The molecule has 3 aromatic carbocycles. The summed E-state index contributed by atoms with van der Waals surface area (Å²) in [4.78, 5) is 21.9. The highest BCUT2D eigenvalue weighted by Crippen LogP contribution is 2.28. The van der Waals surface area contributed by atoms with Crippen LogP contribution in [0.4, 0.5) is 18.0 Å². The zero-order valence-electron chi connectivity index (χ0n) is 25.6. The van der Waals surface area contributed by atoms with E-state index in [1.807, 2.05) is 35.1 Å². The molecule has 5 rings (SSSR count). The number of hydrogen-bond acceptors (Lipinski definition) is 7. The van der Waals surface area contributed by atoms with E-state index in [0.717, 1.165) is 16.9 Å². The Labute approximate surface area is 271 Å². The maximum atomic E-state index is 12.9. The summed E-state index contributed by atoms with van der Waals surface area (Å²) in [7, 11) is 1.60. The number of urea groups is 1. The van der Waals surface area contributed by atoms with Crippen molar-refractivity contribution in [3.05, 3.63) is 106 Å². The molecular weight excluding hydrogens is 631 g/mol. The Bertz CT molecular complexity index is 2040. The molecule has 14 heteroatoms. The van der Waals surface area contributed by atoms with Crippen molar-refractivity contribution in [1.82, 2.24) is 24.6 Å². The smallest absolute Gasteiger partial charge is 0.497 e. The van der Waals surface area contributed by atoms with Gasteiger partial charge in [-0.15, -0.1) is 29.6 Å². The number of nitriles is 1. The fraction of sp³-hybridized carbons (Fsp3) is 0.182. The lowest BCUT2D eigenvalue weighted by Gasteiger charge is -2.16. The molecule has 0 bridgehead atoms. The van der Waals surface area contributed by atoms with Crippen molar-refractivity contribution in [2.24, 2.45) is 4.99 Å². The fourth-order valence-electron chi connectivity index (χ4n) is 4.65. The number of nitrogens with zero attached hydrogens (tertiary/aromatic N) is 6. The Hall–Kier alpha value is -5.68. The van der Waals surface area contributed by atoms with Gasteiger partial charge in [-0.25, -0.2) is 14.5 Å². The number of nitrogens with one attached hydrogen (secondary N) is 1. The molecular formula is C33H28F3N7O3S. The van der Waals surface area contributed by atoms with E-state index in [4.69, 9.17) is 4.74 Å². The van der Waals surface area contributed by atoms with Gasteiger partial charge in [0.2, 0.25) is 0 Å². The molecule has 0 unspecified atom stereocenters. The zero-order chi connectivity index (χ0) is 33.7. The van der Waals surface area contributed by atoms with Crippen LogP contribution in [0.1, 0.15) is 36.6 Å². The minimum Gasteiger partial charge on any atom is -0.497 e. The van der Waals surface area contributed by atoms with Gasteiger partial charge in [0.05, 0.1) is 24.1 Å². The molecule has 2 aromatic heterocycles. The van der Waals surface area contributed by atoms with Gasteiger partial charge in [-0.2, -0.15) is 10.3 Å². The molecule has 5 aromatic rings. The molecule has 0 saturated carbocycles. The predicted molar refractivity (Wildman–Crippen MR) is 170 cm³/mol. The molecule has 0 fully saturated rings. The highest BCUT2D eigenvalue weighted by molar-refractivity contribution is 7.07. The maximum Gasteiger partial charge on any atom is 0.573 e. The molecule has 0 aliphatic rings. The molecule has 1 N–H and O–H groups in total. The van der Waals surface area contributed by atoms with Gasteiger partial charge in [0.1, 0.15) is 23.9 Å². The molecule has 10 nitrogen and oxygen atoms in total. The van der Waals surface area contributed by atoms with Crippen molar-refractivity contribution in [2.45, 2.75) is 33.1 Å². The summed E-state index contributed by atoms with van der Waals surface area (Å²) in [6, 6.07) is 19.3. The maximum absolute atomic E-state index is 12.9. The number of ether oxygens (including phenoxy) is 2. The number of thiazole rings is 1. The molecule has 0 spiro atoms. The fourth-order valence-corrected chi connectivity index (χ4v) is 5.51. The lowest BCUT2D eigenvalue weighted by Crippen LogP contribution is -2.22. The highest BCUT2D eigenvalue weighted by Gasteiger charge is 2.31. The van der Waals surface area contributed by atoms with Crippen LogP contribution in [0, 0.1) is 18.3 Å². The van der Waals surface area contributed by atoms with Crippen molar-refractivity contribution in [1.29, 1.82) is 5.26 Å². The first-order chi connectivity index (χ1) is 22.5. The predicted octanol–water partition coefficient (Wildman–Crippen LogP) is 7.30. The van der Waals surface area contributed by atoms with E-state index in [2.05, 4.69) is 45.0 Å². The first-order valence-corrected chi connectivity index (χ1v) is 15.0. The van der Waals surface area contributed by atoms with Crippen LogP contribution in [0.2, 0.25) is 0 Å². The standard InChI is InChI=1S/C33H28F3N7O3S/c1-20(2)28-14-13-27(45-4)15-29(28)43-21(3)18-47-32(43)40-31(44)38-17-24(16-37)22-5-7-23(8-6-22)30-39-19-42(41-30)25-9-11-26(12-10-25)46-33(34,35)36/h5-15,17-20H,1-4H3,(H,38,44)/b24-17+,40-32?. The molecule has 0 aliphatic heterocycles. The first kappa shape index (κ1) is 32.7. The number of carbonyl (C=O) groups excluding carboxylic acids is 1. The Morgan fingerprint density at radius 2 is 1.79 bits per heavy atom. The monoisotopic (exact) mass is 659 g/mol. The topological polar surface area (TPSA) is 119 Å². The molecule has 2 heterocycles. The summed E-state index contributed by atoms with van der Waals surface area (Å²) in [6.45, 7) is 6.11. The van der Waals surface area contributed by atoms with Gasteiger partial charge in [-0.3, -0.25) is 4.57 Å². The normalized spacial score (nSPS) is 12.2. The van der Waals surface area contributed by atoms with Crippen LogP contribution in [0.15, 0.2) is 89.6 Å². The second kappa shape index (κ2) is 13.8. The minimum atomic E-state index is -4.78. The number of halogens is 3. The van der Waals surface area contributed by atoms with Crippen molar-refractivity contribution >= 4 is 22.9 Å². The van der Waals surface area contributed by atoms with Crippen LogP contribution < -0.4 is 19.6 Å². The number of methoxy groups -OCH3 is 1. The Kier molecular flexibility index (Phi) is 9.57. The summed E-state index contributed by atoms with van der Waals surface area (Å²) in [5.41, 5.74) is 4.69. The first-order valence-electron chi connectivity index (χ1n) is 14.2. The van der Waals surface area contributed by atoms with Crippen LogP contribution >= 0.6 is 11.3 Å². The lowest BCUT2D eigenvalue weighted by atomic mass is 10.0. The van der Waals surface area contributed by atoms with E-state index >= 15 is 0 Å². The number of rotatable bonds is 8. The number of benzene rings is 3. The summed E-state index contributed by atoms with van der Waals surface area (Å²) in [5.74, 6) is 0.911. The van der Waals surface area contributed by atoms with E-state index in [-0.39, 0.29) is 17.2 Å². The number of aromatic nitrogens is 4. The van der Waals surface area contributed by atoms with Crippen LogP contribution in [-0.4, -0.2) is 38.8 Å². The second-order valence-electron chi connectivity index (χ2n) is 10.4. The molecule has 0 atom stereocenters. The molecule has 0 aliphatic carbocycles. The largest absolute Gasteiger partial charge is 0.573 e. The average molecular weight is 660 g/mol. The van der Waals surface area contributed by atoms with Gasteiger partial charge in [0.15, 0.2) is 10.6 Å². The van der Waals surface area contributed by atoms with E-state index < -0.39 is 12.4 Å². The number of amides is 2. The Morgan fingerprint density at radius 1 is 1.09 bits per heavy atom. The number of carbonyl (C=O) groups is 1. The van der Waals surface area contributed by atoms with Gasteiger partial charge >= 0.3 is 12.4 Å². The van der Waals surface area contributed by atoms with E-state index in [1.165, 1.54) is 52.8 Å². The van der Waals surface area contributed by atoms with Gasteiger partial charge < -0.3 is 14.8 Å². The molecule has 0 radical (unpaired) electrons. The van der Waals surface area contributed by atoms with Crippen LogP contribution in [-0.2, 0) is 0 Å². The van der Waals surface area contributed by atoms with Crippen molar-refractivity contribution < 1.29 is 27.4 Å². The molecule has 2 amide bonds. The minimum absolute atomic E-state index is 0.199.